The second kappa shape index (κ2) is 8.43. The fourth-order valence-electron chi connectivity index (χ4n) is 3.15. The van der Waals surface area contributed by atoms with Gasteiger partial charge in [0.15, 0.2) is 0 Å². The summed E-state index contributed by atoms with van der Waals surface area (Å²) in [7, 11) is 0. The molecule has 0 aliphatic carbocycles. The van der Waals surface area contributed by atoms with Gasteiger partial charge in [-0.05, 0) is 29.8 Å². The summed E-state index contributed by atoms with van der Waals surface area (Å²) in [6.45, 7) is 2.52. The van der Waals surface area contributed by atoms with Crippen molar-refractivity contribution in [2.75, 3.05) is 26.2 Å². The van der Waals surface area contributed by atoms with Gasteiger partial charge in [0.1, 0.15) is 5.82 Å². The lowest BCUT2D eigenvalue weighted by molar-refractivity contribution is 0.0623. The van der Waals surface area contributed by atoms with Crippen molar-refractivity contribution >= 4 is 11.8 Å². The normalized spacial score (nSPS) is 15.1. The van der Waals surface area contributed by atoms with E-state index in [-0.39, 0.29) is 11.1 Å². The van der Waals surface area contributed by atoms with Crippen LogP contribution < -0.4 is 5.73 Å². The quantitative estimate of drug-likeness (QED) is 0.852. The topological polar surface area (TPSA) is 66.6 Å². The molecule has 2 amide bonds. The van der Waals surface area contributed by atoms with E-state index in [1.807, 2.05) is 12.1 Å². The van der Waals surface area contributed by atoms with E-state index in [0.29, 0.717) is 38.3 Å². The summed E-state index contributed by atoms with van der Waals surface area (Å²) in [4.78, 5) is 27.2. The molecule has 5 nitrogen and oxygen atoms in total. The fraction of sp³-hybridized carbons (Fsp3) is 0.300. The van der Waals surface area contributed by atoms with E-state index < -0.39 is 24.1 Å². The number of nitrogens with two attached hydrogens (primary N) is 1. The number of piperazine rings is 1. The number of amides is 2. The molecule has 1 saturated heterocycles. The SMILES string of the molecule is NC(=O)c1ccc(CN2CCN(C(=O)c3cc(C(F)F)ccc3F)CC2)cc1. The van der Waals surface area contributed by atoms with Crippen LogP contribution in [0.3, 0.4) is 0 Å². The molecule has 0 radical (unpaired) electrons. The first-order chi connectivity index (χ1) is 13.3. The summed E-state index contributed by atoms with van der Waals surface area (Å²) in [5.41, 5.74) is 5.96. The van der Waals surface area contributed by atoms with Crippen molar-refractivity contribution in [3.63, 3.8) is 0 Å². The Morgan fingerprint density at radius 2 is 1.64 bits per heavy atom. The Balaban J connectivity index is 1.60. The summed E-state index contributed by atoms with van der Waals surface area (Å²) in [6.07, 6.45) is -2.76. The molecular weight excluding hydrogens is 371 g/mol. The number of benzene rings is 2. The van der Waals surface area contributed by atoms with Crippen LogP contribution in [0.2, 0.25) is 0 Å². The molecular formula is C20H20F3N3O2. The number of hydrogen-bond donors (Lipinski definition) is 1. The number of alkyl halides is 2. The fourth-order valence-corrected chi connectivity index (χ4v) is 3.15. The van der Waals surface area contributed by atoms with E-state index in [9.17, 15) is 22.8 Å². The molecule has 2 N–H and O–H groups in total. The molecule has 3 rings (SSSR count). The predicted octanol–water partition coefficient (Wildman–Crippen LogP) is 2.82. The molecule has 1 heterocycles. The monoisotopic (exact) mass is 391 g/mol. The van der Waals surface area contributed by atoms with E-state index in [1.165, 1.54) is 4.90 Å². The second-order valence-electron chi connectivity index (χ2n) is 6.67. The zero-order valence-corrected chi connectivity index (χ0v) is 15.1. The standard InChI is InChI=1S/C20H20F3N3O2/c21-17-6-5-15(18(22)23)11-16(17)20(28)26-9-7-25(8-10-26)12-13-1-3-14(4-2-13)19(24)27/h1-6,11,18H,7-10,12H2,(H2,24,27). The van der Waals surface area contributed by atoms with Gasteiger partial charge in [0.2, 0.25) is 5.91 Å². The van der Waals surface area contributed by atoms with Gasteiger partial charge in [-0.2, -0.15) is 0 Å². The third-order valence-electron chi connectivity index (χ3n) is 4.78. The number of carbonyl (C=O) groups is 2. The van der Waals surface area contributed by atoms with Crippen LogP contribution in [0.5, 0.6) is 0 Å². The van der Waals surface area contributed by atoms with Gasteiger partial charge in [0.25, 0.3) is 12.3 Å². The molecule has 0 atom stereocenters. The summed E-state index contributed by atoms with van der Waals surface area (Å²) in [5, 5.41) is 0. The largest absolute Gasteiger partial charge is 0.366 e. The summed E-state index contributed by atoms with van der Waals surface area (Å²) >= 11 is 0. The van der Waals surface area contributed by atoms with E-state index in [4.69, 9.17) is 5.73 Å². The maximum absolute atomic E-state index is 14.0. The molecule has 2 aromatic carbocycles. The molecule has 0 saturated carbocycles. The van der Waals surface area contributed by atoms with Crippen LogP contribution in [0.4, 0.5) is 13.2 Å². The molecule has 2 aromatic rings. The van der Waals surface area contributed by atoms with Crippen LogP contribution in [0.1, 0.15) is 38.3 Å². The minimum atomic E-state index is -2.76. The van der Waals surface area contributed by atoms with Gasteiger partial charge in [-0.1, -0.05) is 18.2 Å². The Bertz CT molecular complexity index is 863. The molecule has 0 spiro atoms. The summed E-state index contributed by atoms with van der Waals surface area (Å²) in [6, 6.07) is 9.78. The van der Waals surface area contributed by atoms with Crippen LogP contribution in [-0.4, -0.2) is 47.8 Å². The van der Waals surface area contributed by atoms with Crippen LogP contribution in [0.25, 0.3) is 0 Å². The van der Waals surface area contributed by atoms with Gasteiger partial charge in [-0.3, -0.25) is 14.5 Å². The van der Waals surface area contributed by atoms with Gasteiger partial charge < -0.3 is 10.6 Å². The highest BCUT2D eigenvalue weighted by Crippen LogP contribution is 2.22. The Morgan fingerprint density at radius 3 is 2.21 bits per heavy atom. The Morgan fingerprint density at radius 1 is 1.00 bits per heavy atom. The van der Waals surface area contributed by atoms with Gasteiger partial charge in [-0.25, -0.2) is 13.2 Å². The zero-order valence-electron chi connectivity index (χ0n) is 15.1. The van der Waals surface area contributed by atoms with Crippen molar-refractivity contribution in [3.8, 4) is 0 Å². The molecule has 0 bridgehead atoms. The van der Waals surface area contributed by atoms with Crippen LogP contribution in [0.15, 0.2) is 42.5 Å². The lowest BCUT2D eigenvalue weighted by Gasteiger charge is -2.35. The number of hydrogen-bond acceptors (Lipinski definition) is 3. The van der Waals surface area contributed by atoms with Crippen LogP contribution >= 0.6 is 0 Å². The second-order valence-corrected chi connectivity index (χ2v) is 6.67. The molecule has 1 aliphatic heterocycles. The van der Waals surface area contributed by atoms with Crippen molar-refractivity contribution in [1.82, 2.24) is 9.80 Å². The number of primary amides is 1. The lowest BCUT2D eigenvalue weighted by Crippen LogP contribution is -2.48. The predicted molar refractivity (Wildman–Crippen MR) is 97.5 cm³/mol. The van der Waals surface area contributed by atoms with Crippen molar-refractivity contribution in [2.24, 2.45) is 5.73 Å². The average molecular weight is 391 g/mol. The van der Waals surface area contributed by atoms with Crippen molar-refractivity contribution in [1.29, 1.82) is 0 Å². The Kier molecular flexibility index (Phi) is 5.99. The highest BCUT2D eigenvalue weighted by molar-refractivity contribution is 5.95. The molecule has 8 heteroatoms. The number of carbonyl (C=O) groups excluding carboxylic acids is 2. The maximum Gasteiger partial charge on any atom is 0.263 e. The van der Waals surface area contributed by atoms with Gasteiger partial charge in [-0.15, -0.1) is 0 Å². The van der Waals surface area contributed by atoms with E-state index >= 15 is 0 Å². The summed E-state index contributed by atoms with van der Waals surface area (Å²) < 4.78 is 39.6. The minimum absolute atomic E-state index is 0.326. The third kappa shape index (κ3) is 4.51. The molecule has 0 aromatic heterocycles. The number of nitrogens with zero attached hydrogens (tertiary/aromatic N) is 2. The van der Waals surface area contributed by atoms with Gasteiger partial charge >= 0.3 is 0 Å². The smallest absolute Gasteiger partial charge is 0.263 e. The Labute approximate surface area is 160 Å². The van der Waals surface area contributed by atoms with E-state index in [0.717, 1.165) is 23.8 Å². The first-order valence-corrected chi connectivity index (χ1v) is 8.83. The van der Waals surface area contributed by atoms with E-state index in [1.54, 1.807) is 12.1 Å². The molecule has 1 fully saturated rings. The highest BCUT2D eigenvalue weighted by atomic mass is 19.3. The van der Waals surface area contributed by atoms with Crippen LogP contribution in [-0.2, 0) is 6.54 Å². The summed E-state index contributed by atoms with van der Waals surface area (Å²) in [5.74, 6) is -1.86. The van der Waals surface area contributed by atoms with Crippen molar-refractivity contribution < 1.29 is 22.8 Å². The molecule has 28 heavy (non-hydrogen) atoms. The number of rotatable bonds is 5. The first kappa shape index (κ1) is 19.9. The van der Waals surface area contributed by atoms with Crippen LogP contribution in [0, 0.1) is 5.82 Å². The average Bonchev–Trinajstić information content (AvgIpc) is 2.68. The van der Waals surface area contributed by atoms with Gasteiger partial charge in [0, 0.05) is 43.9 Å². The van der Waals surface area contributed by atoms with Crippen molar-refractivity contribution in [2.45, 2.75) is 13.0 Å². The minimum Gasteiger partial charge on any atom is -0.366 e. The highest BCUT2D eigenvalue weighted by Gasteiger charge is 2.25. The molecule has 0 unspecified atom stereocenters. The zero-order chi connectivity index (χ0) is 20.3. The number of halogens is 3. The van der Waals surface area contributed by atoms with E-state index in [2.05, 4.69) is 4.90 Å². The lowest BCUT2D eigenvalue weighted by atomic mass is 10.1. The first-order valence-electron chi connectivity index (χ1n) is 8.83. The third-order valence-corrected chi connectivity index (χ3v) is 4.78. The molecule has 148 valence electrons. The molecule has 1 aliphatic rings. The Hall–Kier alpha value is -2.87. The van der Waals surface area contributed by atoms with Gasteiger partial charge in [0.05, 0.1) is 5.56 Å². The van der Waals surface area contributed by atoms with Crippen molar-refractivity contribution in [3.05, 3.63) is 70.5 Å². The maximum atomic E-state index is 14.0.